The number of rotatable bonds is 10. The first-order chi connectivity index (χ1) is 13.0. The fraction of sp³-hybridized carbons (Fsp3) is 0.545. The molecule has 5 heteroatoms. The van der Waals surface area contributed by atoms with Gasteiger partial charge in [-0.15, -0.1) is 0 Å². The number of unbranched alkanes of at least 4 members (excludes halogenated alkanes) is 4. The fourth-order valence-corrected chi connectivity index (χ4v) is 3.61. The van der Waals surface area contributed by atoms with Gasteiger partial charge in [0.2, 0.25) is 0 Å². The van der Waals surface area contributed by atoms with Crippen LogP contribution in [0.5, 0.6) is 5.75 Å². The van der Waals surface area contributed by atoms with E-state index in [9.17, 15) is 9.59 Å². The van der Waals surface area contributed by atoms with E-state index in [4.69, 9.17) is 14.2 Å². The number of carbonyl (C=O) groups is 2. The van der Waals surface area contributed by atoms with Gasteiger partial charge in [-0.3, -0.25) is 9.59 Å². The van der Waals surface area contributed by atoms with E-state index < -0.39 is 17.4 Å². The molecule has 0 amide bonds. The number of benzene rings is 1. The molecule has 1 saturated carbocycles. The Morgan fingerprint density at radius 2 is 1.67 bits per heavy atom. The van der Waals surface area contributed by atoms with E-state index in [1.807, 2.05) is 24.3 Å². The molecule has 1 fully saturated rings. The van der Waals surface area contributed by atoms with E-state index in [0.717, 1.165) is 29.7 Å². The van der Waals surface area contributed by atoms with Gasteiger partial charge in [0.1, 0.15) is 5.75 Å². The number of ether oxygens (including phenoxy) is 3. The summed E-state index contributed by atoms with van der Waals surface area (Å²) in [5, 5.41) is 0. The molecule has 0 radical (unpaired) electrons. The number of methoxy groups -OCH3 is 3. The molecular formula is C22H30O5. The maximum Gasteiger partial charge on any atom is 0.323 e. The summed E-state index contributed by atoms with van der Waals surface area (Å²) in [6.45, 7) is 2.18. The monoisotopic (exact) mass is 374 g/mol. The van der Waals surface area contributed by atoms with Gasteiger partial charge in [-0.05, 0) is 42.5 Å². The highest BCUT2D eigenvalue weighted by atomic mass is 16.5. The van der Waals surface area contributed by atoms with E-state index in [2.05, 4.69) is 13.0 Å². The first kappa shape index (κ1) is 21.0. The van der Waals surface area contributed by atoms with Gasteiger partial charge >= 0.3 is 11.9 Å². The van der Waals surface area contributed by atoms with Crippen LogP contribution in [0.15, 0.2) is 30.3 Å². The van der Waals surface area contributed by atoms with Crippen LogP contribution >= 0.6 is 0 Å². The molecule has 148 valence electrons. The molecule has 0 saturated heterocycles. The SMILES string of the molecule is CCCCCC/C=C(\c1ccc(OC)cc1)C1CC1(C(=O)OC)C(=O)OC. The third kappa shape index (κ3) is 4.52. The van der Waals surface area contributed by atoms with Gasteiger partial charge in [0.25, 0.3) is 0 Å². The van der Waals surface area contributed by atoms with Crippen molar-refractivity contribution in [3.8, 4) is 5.75 Å². The fourth-order valence-electron chi connectivity index (χ4n) is 3.61. The molecular weight excluding hydrogens is 344 g/mol. The van der Waals surface area contributed by atoms with Crippen LogP contribution in [-0.4, -0.2) is 33.3 Å². The van der Waals surface area contributed by atoms with Crippen molar-refractivity contribution in [3.63, 3.8) is 0 Å². The second-order valence-electron chi connectivity index (χ2n) is 6.95. The minimum atomic E-state index is -1.22. The maximum atomic E-state index is 12.4. The number of hydrogen-bond donors (Lipinski definition) is 0. The summed E-state index contributed by atoms with van der Waals surface area (Å²) in [5.41, 5.74) is 0.773. The van der Waals surface area contributed by atoms with Gasteiger partial charge in [0.05, 0.1) is 21.3 Å². The van der Waals surface area contributed by atoms with Crippen molar-refractivity contribution in [3.05, 3.63) is 35.9 Å². The van der Waals surface area contributed by atoms with Crippen molar-refractivity contribution < 1.29 is 23.8 Å². The molecule has 0 heterocycles. The summed E-state index contributed by atoms with van der Waals surface area (Å²) in [5.74, 6) is -0.504. The molecule has 0 aliphatic heterocycles. The third-order valence-corrected chi connectivity index (χ3v) is 5.28. The summed E-state index contributed by atoms with van der Waals surface area (Å²) < 4.78 is 15.1. The average molecular weight is 374 g/mol. The molecule has 0 aromatic heterocycles. The van der Waals surface area contributed by atoms with Crippen LogP contribution in [0.1, 0.15) is 51.0 Å². The Bertz CT molecular complexity index is 658. The lowest BCUT2D eigenvalue weighted by Crippen LogP contribution is -2.30. The quantitative estimate of drug-likeness (QED) is 0.345. The maximum absolute atomic E-state index is 12.4. The van der Waals surface area contributed by atoms with Crippen molar-refractivity contribution in [1.29, 1.82) is 0 Å². The Balaban J connectivity index is 2.30. The van der Waals surface area contributed by atoms with Gasteiger partial charge in [-0.2, -0.15) is 0 Å². The molecule has 1 unspecified atom stereocenters. The Hall–Kier alpha value is -2.30. The molecule has 0 N–H and O–H groups in total. The van der Waals surface area contributed by atoms with Gasteiger partial charge in [-0.25, -0.2) is 0 Å². The average Bonchev–Trinajstić information content (AvgIpc) is 3.46. The number of esters is 2. The molecule has 1 aliphatic rings. The Labute approximate surface area is 161 Å². The molecule has 5 nitrogen and oxygen atoms in total. The summed E-state index contributed by atoms with van der Waals surface area (Å²) >= 11 is 0. The second-order valence-corrected chi connectivity index (χ2v) is 6.95. The van der Waals surface area contributed by atoms with Crippen molar-refractivity contribution in [1.82, 2.24) is 0 Å². The standard InChI is InChI=1S/C22H30O5/c1-5-6-7-8-9-10-18(16-11-13-17(25-2)14-12-16)19-15-22(19,20(23)26-3)21(24)27-4/h10-14,19H,5-9,15H2,1-4H3/b18-10+. The summed E-state index contributed by atoms with van der Waals surface area (Å²) in [7, 11) is 4.24. The largest absolute Gasteiger partial charge is 0.497 e. The number of carbonyl (C=O) groups excluding carboxylic acids is 2. The minimum absolute atomic E-state index is 0.225. The van der Waals surface area contributed by atoms with Crippen LogP contribution in [-0.2, 0) is 19.1 Å². The van der Waals surface area contributed by atoms with Gasteiger partial charge < -0.3 is 14.2 Å². The van der Waals surface area contributed by atoms with E-state index in [1.54, 1.807) is 7.11 Å². The molecule has 1 atom stereocenters. The first-order valence-corrected chi connectivity index (χ1v) is 9.56. The van der Waals surface area contributed by atoms with Crippen LogP contribution in [0.2, 0.25) is 0 Å². The van der Waals surface area contributed by atoms with Crippen LogP contribution in [0.25, 0.3) is 5.57 Å². The topological polar surface area (TPSA) is 61.8 Å². The number of allylic oxidation sites excluding steroid dienone is 2. The molecule has 1 aromatic rings. The predicted octanol–water partition coefficient (Wildman–Crippen LogP) is 4.40. The molecule has 1 aliphatic carbocycles. The highest BCUT2D eigenvalue weighted by Gasteiger charge is 2.69. The molecule has 1 aromatic carbocycles. The van der Waals surface area contributed by atoms with Crippen LogP contribution < -0.4 is 4.74 Å². The molecule has 0 spiro atoms. The van der Waals surface area contributed by atoms with Crippen LogP contribution in [0.4, 0.5) is 0 Å². The summed E-state index contributed by atoms with van der Waals surface area (Å²) in [4.78, 5) is 24.8. The highest BCUT2D eigenvalue weighted by Crippen LogP contribution is 2.60. The Morgan fingerprint density at radius 3 is 2.19 bits per heavy atom. The molecule has 0 bridgehead atoms. The molecule has 2 rings (SSSR count). The van der Waals surface area contributed by atoms with Crippen molar-refractivity contribution >= 4 is 17.5 Å². The second kappa shape index (κ2) is 9.58. The van der Waals surface area contributed by atoms with Crippen LogP contribution in [0.3, 0.4) is 0 Å². The normalized spacial score (nSPS) is 17.9. The lowest BCUT2D eigenvalue weighted by atomic mass is 9.92. The predicted molar refractivity (Wildman–Crippen MR) is 104 cm³/mol. The zero-order chi connectivity index (χ0) is 19.9. The van der Waals surface area contributed by atoms with Gasteiger partial charge in [-0.1, -0.05) is 44.4 Å². The third-order valence-electron chi connectivity index (χ3n) is 5.28. The van der Waals surface area contributed by atoms with E-state index in [0.29, 0.717) is 6.42 Å². The zero-order valence-corrected chi connectivity index (χ0v) is 16.7. The molecule has 27 heavy (non-hydrogen) atoms. The lowest BCUT2D eigenvalue weighted by molar-refractivity contribution is -0.161. The number of hydrogen-bond acceptors (Lipinski definition) is 5. The van der Waals surface area contributed by atoms with Crippen molar-refractivity contribution in [2.45, 2.75) is 45.4 Å². The minimum Gasteiger partial charge on any atom is -0.497 e. The highest BCUT2D eigenvalue weighted by molar-refractivity contribution is 6.06. The van der Waals surface area contributed by atoms with Crippen LogP contribution in [0, 0.1) is 11.3 Å². The zero-order valence-electron chi connectivity index (χ0n) is 16.7. The van der Waals surface area contributed by atoms with Crippen molar-refractivity contribution in [2.75, 3.05) is 21.3 Å². The van der Waals surface area contributed by atoms with Crippen molar-refractivity contribution in [2.24, 2.45) is 11.3 Å². The lowest BCUT2D eigenvalue weighted by Gasteiger charge is -2.15. The first-order valence-electron chi connectivity index (χ1n) is 9.56. The van der Waals surface area contributed by atoms with E-state index in [-0.39, 0.29) is 5.92 Å². The smallest absolute Gasteiger partial charge is 0.323 e. The summed E-state index contributed by atoms with van der Waals surface area (Å²) in [6, 6.07) is 7.71. The van der Waals surface area contributed by atoms with E-state index >= 15 is 0 Å². The van der Waals surface area contributed by atoms with Gasteiger partial charge in [0.15, 0.2) is 5.41 Å². The van der Waals surface area contributed by atoms with Gasteiger partial charge in [0, 0.05) is 5.92 Å². The summed E-state index contributed by atoms with van der Waals surface area (Å²) in [6.07, 6.45) is 8.15. The Morgan fingerprint density at radius 1 is 1.04 bits per heavy atom. The Kier molecular flexibility index (Phi) is 7.45. The van der Waals surface area contributed by atoms with E-state index in [1.165, 1.54) is 33.5 Å².